The van der Waals surface area contributed by atoms with Crippen molar-refractivity contribution in [3.63, 3.8) is 0 Å². The first-order valence-electron chi connectivity index (χ1n) is 10.1. The molecule has 3 rings (SSSR count). The monoisotopic (exact) mass is 459 g/mol. The Balaban J connectivity index is 1.53. The number of hydrogen-bond acceptors (Lipinski definition) is 10. The number of carbonyl (C=O) groups excluding carboxylic acids is 2. The number of hydrogen-bond donors (Lipinski definition) is 7. The number of nitrogens with one attached hydrogen (secondary N) is 5. The molecule has 1 aliphatic rings. The van der Waals surface area contributed by atoms with Gasteiger partial charge in [-0.15, -0.1) is 0 Å². The summed E-state index contributed by atoms with van der Waals surface area (Å²) < 4.78 is 4.49. The summed E-state index contributed by atoms with van der Waals surface area (Å²) in [7, 11) is 1.21. The molecule has 0 aliphatic carbocycles. The van der Waals surface area contributed by atoms with E-state index in [1.54, 1.807) is 24.3 Å². The van der Waals surface area contributed by atoms with Crippen molar-refractivity contribution in [2.75, 3.05) is 41.9 Å². The number of aromatic nitrogens is 2. The smallest absolute Gasteiger partial charge is 0.326 e. The highest BCUT2D eigenvalue weighted by Crippen LogP contribution is 2.20. The lowest BCUT2D eigenvalue weighted by atomic mass is 10.1. The molecule has 2 heterocycles. The van der Waals surface area contributed by atoms with Crippen molar-refractivity contribution >= 4 is 41.0 Å². The molecule has 1 aromatic heterocycles. The lowest BCUT2D eigenvalue weighted by Gasteiger charge is -2.27. The maximum Gasteiger partial charge on any atom is 0.326 e. The van der Waals surface area contributed by atoms with Crippen LogP contribution in [0.5, 0.6) is 0 Å². The Morgan fingerprint density at radius 2 is 2.03 bits per heavy atom. The van der Waals surface area contributed by atoms with Gasteiger partial charge in [0.25, 0.3) is 11.5 Å². The van der Waals surface area contributed by atoms with Gasteiger partial charge in [-0.3, -0.25) is 19.4 Å². The van der Waals surface area contributed by atoms with Crippen LogP contribution in [0, 0.1) is 0 Å². The zero-order valence-electron chi connectivity index (χ0n) is 17.8. The van der Waals surface area contributed by atoms with Crippen molar-refractivity contribution in [3.05, 3.63) is 40.2 Å². The van der Waals surface area contributed by atoms with E-state index in [9.17, 15) is 24.3 Å². The van der Waals surface area contributed by atoms with E-state index in [2.05, 4.69) is 36.0 Å². The molecule has 1 amide bonds. The fourth-order valence-electron chi connectivity index (χ4n) is 3.19. The van der Waals surface area contributed by atoms with Gasteiger partial charge in [0.05, 0.1) is 13.2 Å². The average molecular weight is 459 g/mol. The molecule has 0 saturated heterocycles. The highest BCUT2D eigenvalue weighted by atomic mass is 16.5. The summed E-state index contributed by atoms with van der Waals surface area (Å²) in [6.45, 7) is 0.981. The van der Waals surface area contributed by atoms with Crippen LogP contribution >= 0.6 is 0 Å². The number of aliphatic carboxylic acids is 1. The molecule has 176 valence electrons. The van der Waals surface area contributed by atoms with E-state index < -0.39 is 23.9 Å². The summed E-state index contributed by atoms with van der Waals surface area (Å²) in [6.07, 6.45) is -0.204. The van der Waals surface area contributed by atoms with Gasteiger partial charge in [-0.25, -0.2) is 4.79 Å². The number of carboxylic acid groups (broad SMARTS) is 1. The Morgan fingerprint density at radius 3 is 2.70 bits per heavy atom. The van der Waals surface area contributed by atoms with Gasteiger partial charge in [0, 0.05) is 30.8 Å². The summed E-state index contributed by atoms with van der Waals surface area (Å²) in [5.41, 5.74) is 6.48. The van der Waals surface area contributed by atoms with E-state index in [4.69, 9.17) is 5.73 Å². The highest BCUT2D eigenvalue weighted by molar-refractivity contribution is 5.97. The fourth-order valence-corrected chi connectivity index (χ4v) is 3.19. The molecule has 0 bridgehead atoms. The second-order valence-electron chi connectivity index (χ2n) is 7.33. The van der Waals surface area contributed by atoms with E-state index in [1.807, 2.05) is 0 Å². The van der Waals surface area contributed by atoms with E-state index in [1.165, 1.54) is 7.11 Å². The van der Waals surface area contributed by atoms with Crippen molar-refractivity contribution in [2.24, 2.45) is 0 Å². The number of fused-ring (bicyclic) bond motifs is 1. The highest BCUT2D eigenvalue weighted by Gasteiger charge is 2.23. The van der Waals surface area contributed by atoms with Crippen LogP contribution in [0.3, 0.4) is 0 Å². The first-order valence-corrected chi connectivity index (χ1v) is 10.1. The van der Waals surface area contributed by atoms with Gasteiger partial charge in [0.1, 0.15) is 11.7 Å². The predicted molar refractivity (Wildman–Crippen MR) is 120 cm³/mol. The first-order chi connectivity index (χ1) is 15.8. The molecule has 1 aliphatic heterocycles. The third-order valence-corrected chi connectivity index (χ3v) is 4.97. The van der Waals surface area contributed by atoms with Crippen molar-refractivity contribution < 1.29 is 24.2 Å². The number of nitrogens with two attached hydrogens (primary N) is 1. The zero-order valence-corrected chi connectivity index (χ0v) is 17.8. The summed E-state index contributed by atoms with van der Waals surface area (Å²) in [5.74, 6) is -1.93. The fraction of sp³-hybridized carbons (Fsp3) is 0.350. The molecular formula is C20H25N7O6. The van der Waals surface area contributed by atoms with Gasteiger partial charge in [-0.1, -0.05) is 0 Å². The first kappa shape index (κ1) is 23.4. The molecule has 8 N–H and O–H groups in total. The molecule has 0 spiro atoms. The normalized spacial score (nSPS) is 15.2. The molecule has 13 nitrogen and oxygen atoms in total. The van der Waals surface area contributed by atoms with Crippen LogP contribution in [0.15, 0.2) is 29.1 Å². The van der Waals surface area contributed by atoms with Crippen LogP contribution < -0.4 is 32.6 Å². The number of anilines is 4. The number of benzene rings is 1. The van der Waals surface area contributed by atoms with Gasteiger partial charge in [-0.2, -0.15) is 4.98 Å². The zero-order chi connectivity index (χ0) is 24.0. The Labute approximate surface area is 188 Å². The largest absolute Gasteiger partial charge is 0.480 e. The minimum atomic E-state index is -1.24. The van der Waals surface area contributed by atoms with E-state index in [0.29, 0.717) is 24.6 Å². The number of carbonyl (C=O) groups is 3. The average Bonchev–Trinajstić information content (AvgIpc) is 2.80. The lowest BCUT2D eigenvalue weighted by molar-refractivity contribution is -0.142. The topological polar surface area (TPSA) is 201 Å². The van der Waals surface area contributed by atoms with E-state index in [-0.39, 0.29) is 36.0 Å². The van der Waals surface area contributed by atoms with Gasteiger partial charge in [0.15, 0.2) is 5.82 Å². The number of ether oxygens (including phenoxy) is 1. The molecule has 33 heavy (non-hydrogen) atoms. The summed E-state index contributed by atoms with van der Waals surface area (Å²) >= 11 is 0. The van der Waals surface area contributed by atoms with Crippen LogP contribution in [0.25, 0.3) is 0 Å². The molecular weight excluding hydrogens is 434 g/mol. The van der Waals surface area contributed by atoms with Crippen LogP contribution in [0.4, 0.5) is 23.1 Å². The van der Waals surface area contributed by atoms with Gasteiger partial charge in [0.2, 0.25) is 5.95 Å². The number of amides is 1. The van der Waals surface area contributed by atoms with Crippen LogP contribution in [-0.4, -0.2) is 65.2 Å². The number of aromatic amines is 1. The molecule has 2 atom stereocenters. The van der Waals surface area contributed by atoms with Crippen molar-refractivity contribution in [1.29, 1.82) is 0 Å². The van der Waals surface area contributed by atoms with E-state index >= 15 is 0 Å². The number of rotatable bonds is 9. The minimum absolute atomic E-state index is 0.0342. The molecule has 0 fully saturated rings. The number of esters is 1. The Morgan fingerprint density at radius 1 is 1.30 bits per heavy atom. The predicted octanol–water partition coefficient (Wildman–Crippen LogP) is -0.194. The molecule has 13 heteroatoms. The molecule has 1 aromatic carbocycles. The third-order valence-electron chi connectivity index (χ3n) is 4.97. The molecule has 0 radical (unpaired) electrons. The Hall–Kier alpha value is -4.29. The van der Waals surface area contributed by atoms with E-state index in [0.717, 1.165) is 5.69 Å². The number of methoxy groups -OCH3 is 1. The second-order valence-corrected chi connectivity index (χ2v) is 7.33. The number of H-pyrrole nitrogens is 1. The van der Waals surface area contributed by atoms with Gasteiger partial charge in [-0.05, 0) is 30.7 Å². The third kappa shape index (κ3) is 6.12. The van der Waals surface area contributed by atoms with Gasteiger partial charge < -0.3 is 36.8 Å². The molecule has 2 aromatic rings. The number of carboxylic acids is 1. The Kier molecular flexibility index (Phi) is 7.33. The van der Waals surface area contributed by atoms with Crippen LogP contribution in [0.2, 0.25) is 0 Å². The number of nitrogens with zero attached hydrogens (tertiary/aromatic N) is 1. The summed E-state index contributed by atoms with van der Waals surface area (Å²) in [4.78, 5) is 53.5. The SMILES string of the molecule is COC(=O)CCC(NC(=O)c1ccc(NC[C@H]2CNc3nc(N)[nH]c(=O)c3N2)cc1)C(=O)O. The number of nitrogen functional groups attached to an aromatic ring is 1. The maximum atomic E-state index is 12.4. The van der Waals surface area contributed by atoms with Crippen LogP contribution in [0.1, 0.15) is 23.2 Å². The summed E-state index contributed by atoms with van der Waals surface area (Å²) in [6, 6.07) is 5.14. The Bertz CT molecular complexity index is 1090. The van der Waals surface area contributed by atoms with Crippen molar-refractivity contribution in [2.45, 2.75) is 24.9 Å². The summed E-state index contributed by atoms with van der Waals surface area (Å²) in [5, 5.41) is 21.0. The lowest BCUT2D eigenvalue weighted by Crippen LogP contribution is -2.41. The van der Waals surface area contributed by atoms with Crippen LogP contribution in [-0.2, 0) is 14.3 Å². The standard InChI is InChI=1S/C20H25N7O6/c1-33-14(28)7-6-13(19(31)32)25-17(29)10-2-4-11(5-3-10)22-8-12-9-23-16-15(24-12)18(30)27-20(21)26-16/h2-5,12-13,22,24H,6-9H2,1H3,(H,25,29)(H,31,32)(H4,21,23,26,27,30)/t12-,13?/m0/s1. The maximum absolute atomic E-state index is 12.4. The van der Waals surface area contributed by atoms with Gasteiger partial charge >= 0.3 is 11.9 Å². The minimum Gasteiger partial charge on any atom is -0.480 e. The molecule has 0 saturated carbocycles. The quantitative estimate of drug-likeness (QED) is 0.245. The van der Waals surface area contributed by atoms with Crippen molar-refractivity contribution in [1.82, 2.24) is 15.3 Å². The van der Waals surface area contributed by atoms with Crippen molar-refractivity contribution in [3.8, 4) is 0 Å². The second kappa shape index (κ2) is 10.3. The molecule has 1 unspecified atom stereocenters.